The van der Waals surface area contributed by atoms with E-state index in [1.165, 1.54) is 38.3 Å². The van der Waals surface area contributed by atoms with Gasteiger partial charge in [0.15, 0.2) is 0 Å². The van der Waals surface area contributed by atoms with Gasteiger partial charge in [0.2, 0.25) is 0 Å². The van der Waals surface area contributed by atoms with E-state index in [0.717, 1.165) is 24.3 Å². The van der Waals surface area contributed by atoms with E-state index in [0.29, 0.717) is 0 Å². The molecule has 1 N–H and O–H groups in total. The van der Waals surface area contributed by atoms with Crippen LogP contribution in [0.3, 0.4) is 0 Å². The van der Waals surface area contributed by atoms with Crippen LogP contribution >= 0.6 is 0 Å². The summed E-state index contributed by atoms with van der Waals surface area (Å²) in [4.78, 5) is 0. The molecule has 0 unspecified atom stereocenters. The van der Waals surface area contributed by atoms with Crippen LogP contribution in [0.1, 0.15) is 51.0 Å². The molecule has 0 amide bonds. The summed E-state index contributed by atoms with van der Waals surface area (Å²) in [6, 6.07) is 7.54. The second-order valence-corrected chi connectivity index (χ2v) is 4.43. The Balaban J connectivity index is 2.11. The molecule has 0 aliphatic rings. The third-order valence-electron chi connectivity index (χ3n) is 2.85. The maximum Gasteiger partial charge on any atom is 0.119 e. The van der Waals surface area contributed by atoms with Crippen LogP contribution in [-0.4, -0.2) is 18.0 Å². The molecule has 3 nitrogen and oxygen atoms in total. The van der Waals surface area contributed by atoms with E-state index in [4.69, 9.17) is 9.94 Å². The number of hydrogen-bond donors (Lipinski definition) is 1. The van der Waals surface area contributed by atoms with Gasteiger partial charge in [-0.1, -0.05) is 44.2 Å². The van der Waals surface area contributed by atoms with Crippen LogP contribution in [-0.2, 0) is 0 Å². The van der Waals surface area contributed by atoms with Crippen LogP contribution in [0.5, 0.6) is 5.75 Å². The van der Waals surface area contributed by atoms with Crippen LogP contribution in [0.25, 0.3) is 0 Å². The van der Waals surface area contributed by atoms with Crippen LogP contribution < -0.4 is 4.74 Å². The van der Waals surface area contributed by atoms with Gasteiger partial charge in [-0.25, -0.2) is 0 Å². The molecule has 0 spiro atoms. The largest absolute Gasteiger partial charge is 0.494 e. The SMILES string of the molecule is CCCCCCCCOc1ccc(/C=N/O)cc1. The van der Waals surface area contributed by atoms with Crippen molar-refractivity contribution >= 4 is 6.21 Å². The summed E-state index contributed by atoms with van der Waals surface area (Å²) >= 11 is 0. The Kier molecular flexibility index (Phi) is 7.69. The van der Waals surface area contributed by atoms with E-state index in [1.54, 1.807) is 0 Å². The second kappa shape index (κ2) is 9.51. The lowest BCUT2D eigenvalue weighted by Gasteiger charge is -2.06. The summed E-state index contributed by atoms with van der Waals surface area (Å²) in [5, 5.41) is 11.4. The van der Waals surface area contributed by atoms with Gasteiger partial charge in [0, 0.05) is 0 Å². The van der Waals surface area contributed by atoms with Gasteiger partial charge in [-0.3, -0.25) is 0 Å². The van der Waals surface area contributed by atoms with Gasteiger partial charge in [-0.15, -0.1) is 0 Å². The topological polar surface area (TPSA) is 41.8 Å². The molecule has 0 saturated carbocycles. The lowest BCUT2D eigenvalue weighted by atomic mass is 10.1. The molecule has 1 aromatic carbocycles. The van der Waals surface area contributed by atoms with Gasteiger partial charge in [0.1, 0.15) is 5.75 Å². The highest BCUT2D eigenvalue weighted by Crippen LogP contribution is 2.12. The monoisotopic (exact) mass is 249 g/mol. The third-order valence-corrected chi connectivity index (χ3v) is 2.85. The zero-order valence-corrected chi connectivity index (χ0v) is 11.1. The number of ether oxygens (including phenoxy) is 1. The first-order valence-corrected chi connectivity index (χ1v) is 6.77. The third kappa shape index (κ3) is 6.28. The van der Waals surface area contributed by atoms with Crippen LogP contribution in [0, 0.1) is 0 Å². The van der Waals surface area contributed by atoms with Gasteiger partial charge >= 0.3 is 0 Å². The molecule has 0 saturated heterocycles. The molecule has 0 aromatic heterocycles. The zero-order valence-electron chi connectivity index (χ0n) is 11.1. The summed E-state index contributed by atoms with van der Waals surface area (Å²) in [5.41, 5.74) is 0.865. The number of rotatable bonds is 9. The number of oxime groups is 1. The molecule has 0 fully saturated rings. The van der Waals surface area contributed by atoms with Gasteiger partial charge in [0.25, 0.3) is 0 Å². The Morgan fingerprint density at radius 3 is 2.39 bits per heavy atom. The lowest BCUT2D eigenvalue weighted by Crippen LogP contribution is -1.97. The highest BCUT2D eigenvalue weighted by molar-refractivity contribution is 5.79. The van der Waals surface area contributed by atoms with Gasteiger partial charge in [-0.05, 0) is 36.2 Å². The molecule has 0 heterocycles. The first-order chi connectivity index (χ1) is 8.86. The fourth-order valence-electron chi connectivity index (χ4n) is 1.79. The molecule has 0 aliphatic carbocycles. The van der Waals surface area contributed by atoms with Crippen molar-refractivity contribution in [2.24, 2.45) is 5.16 Å². The summed E-state index contributed by atoms with van der Waals surface area (Å²) in [7, 11) is 0. The Bertz CT molecular complexity index is 333. The summed E-state index contributed by atoms with van der Waals surface area (Å²) in [6.07, 6.45) is 9.04. The molecular formula is C15H23NO2. The van der Waals surface area contributed by atoms with E-state index in [2.05, 4.69) is 12.1 Å². The van der Waals surface area contributed by atoms with Crippen molar-refractivity contribution < 1.29 is 9.94 Å². The Labute approximate surface area is 109 Å². The van der Waals surface area contributed by atoms with Crippen molar-refractivity contribution in [1.82, 2.24) is 0 Å². The van der Waals surface area contributed by atoms with E-state index in [9.17, 15) is 0 Å². The summed E-state index contributed by atoms with van der Waals surface area (Å²) < 4.78 is 5.64. The van der Waals surface area contributed by atoms with Crippen molar-refractivity contribution in [3.63, 3.8) is 0 Å². The van der Waals surface area contributed by atoms with E-state index >= 15 is 0 Å². The number of nitrogens with zero attached hydrogens (tertiary/aromatic N) is 1. The number of benzene rings is 1. The second-order valence-electron chi connectivity index (χ2n) is 4.43. The Morgan fingerprint density at radius 1 is 1.06 bits per heavy atom. The smallest absolute Gasteiger partial charge is 0.119 e. The number of unbranched alkanes of at least 4 members (excludes halogenated alkanes) is 5. The standard InChI is InChI=1S/C15H23NO2/c1-2-3-4-5-6-7-12-18-15-10-8-14(9-11-15)13-16-17/h8-11,13,17H,2-7,12H2,1H3/b16-13+. The molecule has 0 radical (unpaired) electrons. The van der Waals surface area contributed by atoms with Crippen molar-refractivity contribution in [3.05, 3.63) is 29.8 Å². The van der Waals surface area contributed by atoms with Crippen LogP contribution in [0.2, 0.25) is 0 Å². The molecule has 100 valence electrons. The molecule has 0 atom stereocenters. The predicted octanol–water partition coefficient (Wildman–Crippen LogP) is 4.23. The molecule has 3 heteroatoms. The van der Waals surface area contributed by atoms with E-state index in [-0.39, 0.29) is 0 Å². The van der Waals surface area contributed by atoms with Crippen LogP contribution in [0.15, 0.2) is 29.4 Å². The van der Waals surface area contributed by atoms with E-state index in [1.807, 2.05) is 24.3 Å². The normalized spacial score (nSPS) is 10.9. The van der Waals surface area contributed by atoms with Crippen molar-refractivity contribution in [2.75, 3.05) is 6.61 Å². The molecule has 1 rings (SSSR count). The summed E-state index contributed by atoms with van der Waals surface area (Å²) in [5.74, 6) is 0.874. The highest BCUT2D eigenvalue weighted by Gasteiger charge is 1.95. The molecule has 0 aliphatic heterocycles. The minimum atomic E-state index is 0.777. The molecule has 1 aromatic rings. The zero-order chi connectivity index (χ0) is 13.1. The van der Waals surface area contributed by atoms with E-state index < -0.39 is 0 Å². The predicted molar refractivity (Wildman–Crippen MR) is 74.7 cm³/mol. The maximum absolute atomic E-state index is 8.39. The Morgan fingerprint density at radius 2 is 1.72 bits per heavy atom. The van der Waals surface area contributed by atoms with Gasteiger partial charge in [-0.2, -0.15) is 0 Å². The summed E-state index contributed by atoms with van der Waals surface area (Å²) in [6.45, 7) is 3.01. The van der Waals surface area contributed by atoms with Crippen molar-refractivity contribution in [3.8, 4) is 5.75 Å². The van der Waals surface area contributed by atoms with Crippen molar-refractivity contribution in [2.45, 2.75) is 45.4 Å². The van der Waals surface area contributed by atoms with Crippen molar-refractivity contribution in [1.29, 1.82) is 0 Å². The molecule has 18 heavy (non-hydrogen) atoms. The highest BCUT2D eigenvalue weighted by atomic mass is 16.5. The fourth-order valence-corrected chi connectivity index (χ4v) is 1.79. The van der Waals surface area contributed by atoms with Gasteiger partial charge in [0.05, 0.1) is 12.8 Å². The lowest BCUT2D eigenvalue weighted by molar-refractivity contribution is 0.304. The molecular weight excluding hydrogens is 226 g/mol. The molecule has 0 bridgehead atoms. The Hall–Kier alpha value is -1.51. The average Bonchev–Trinajstić information content (AvgIpc) is 2.40. The quantitative estimate of drug-likeness (QED) is 0.308. The fraction of sp³-hybridized carbons (Fsp3) is 0.533. The maximum atomic E-state index is 8.39. The number of hydrogen-bond acceptors (Lipinski definition) is 3. The first-order valence-electron chi connectivity index (χ1n) is 6.77. The minimum Gasteiger partial charge on any atom is -0.494 e. The average molecular weight is 249 g/mol. The minimum absolute atomic E-state index is 0.777. The van der Waals surface area contributed by atoms with Crippen LogP contribution in [0.4, 0.5) is 0 Å². The first kappa shape index (κ1) is 14.6. The van der Waals surface area contributed by atoms with Gasteiger partial charge < -0.3 is 9.94 Å².